The summed E-state index contributed by atoms with van der Waals surface area (Å²) in [5.74, 6) is 3.85. The van der Waals surface area contributed by atoms with Gasteiger partial charge in [-0.1, -0.05) is 6.92 Å². The molecule has 1 heteroatoms. The first-order valence-corrected chi connectivity index (χ1v) is 3.72. The number of carbonyl (C=O) groups excluding carboxylic acids is 1. The quantitative estimate of drug-likeness (QED) is 0.462. The van der Waals surface area contributed by atoms with Crippen molar-refractivity contribution in [3.05, 3.63) is 0 Å². The van der Waals surface area contributed by atoms with Gasteiger partial charge in [0, 0.05) is 18.8 Å². The third kappa shape index (κ3) is 1.39. The highest BCUT2D eigenvalue weighted by Gasteiger charge is 2.23. The Morgan fingerprint density at radius 2 is 2.40 bits per heavy atom. The molecule has 0 amide bonds. The van der Waals surface area contributed by atoms with Crippen molar-refractivity contribution in [2.75, 3.05) is 0 Å². The van der Waals surface area contributed by atoms with Crippen LogP contribution in [-0.4, -0.2) is 5.78 Å². The van der Waals surface area contributed by atoms with Gasteiger partial charge in [-0.2, -0.15) is 0 Å². The Kier molecular flexibility index (Phi) is 2.11. The van der Waals surface area contributed by atoms with Crippen LogP contribution in [0.2, 0.25) is 0 Å². The minimum absolute atomic E-state index is 0.345. The summed E-state index contributed by atoms with van der Waals surface area (Å²) in [4.78, 5) is 10.9. The fourth-order valence-corrected chi connectivity index (χ4v) is 1.45. The van der Waals surface area contributed by atoms with Crippen molar-refractivity contribution in [3.8, 4) is 12.3 Å². The van der Waals surface area contributed by atoms with Gasteiger partial charge in [-0.05, 0) is 12.3 Å². The summed E-state index contributed by atoms with van der Waals surface area (Å²) in [6.45, 7) is 2.06. The fraction of sp³-hybridized carbons (Fsp3) is 0.667. The summed E-state index contributed by atoms with van der Waals surface area (Å²) >= 11 is 0. The smallest absolute Gasteiger partial charge is 0.133 e. The molecule has 0 radical (unpaired) electrons. The van der Waals surface area contributed by atoms with Gasteiger partial charge in [0.2, 0.25) is 0 Å². The molecule has 0 aliphatic heterocycles. The van der Waals surface area contributed by atoms with E-state index in [0.717, 1.165) is 6.42 Å². The summed E-state index contributed by atoms with van der Waals surface area (Å²) in [5, 5.41) is 0. The number of rotatable bonds is 0. The van der Waals surface area contributed by atoms with Crippen LogP contribution in [0.4, 0.5) is 0 Å². The van der Waals surface area contributed by atoms with Gasteiger partial charge in [0.05, 0.1) is 0 Å². The van der Waals surface area contributed by atoms with Crippen LogP contribution >= 0.6 is 0 Å². The van der Waals surface area contributed by atoms with Crippen LogP contribution in [0.15, 0.2) is 0 Å². The molecule has 1 aliphatic carbocycles. The molecule has 0 heterocycles. The summed E-state index contributed by atoms with van der Waals surface area (Å²) in [7, 11) is 0. The van der Waals surface area contributed by atoms with E-state index in [4.69, 9.17) is 6.42 Å². The number of hydrogen-bond donors (Lipinski definition) is 0. The lowest BCUT2D eigenvalue weighted by Crippen LogP contribution is -2.21. The van der Waals surface area contributed by atoms with Gasteiger partial charge in [-0.15, -0.1) is 12.3 Å². The molecule has 54 valence electrons. The van der Waals surface area contributed by atoms with Crippen molar-refractivity contribution < 1.29 is 4.79 Å². The summed E-state index contributed by atoms with van der Waals surface area (Å²) < 4.78 is 0. The highest BCUT2D eigenvalue weighted by atomic mass is 16.1. The van der Waals surface area contributed by atoms with Crippen LogP contribution < -0.4 is 0 Å². The molecule has 1 nitrogen and oxygen atoms in total. The van der Waals surface area contributed by atoms with Gasteiger partial charge < -0.3 is 0 Å². The molecule has 0 aromatic heterocycles. The Morgan fingerprint density at radius 1 is 1.70 bits per heavy atom. The minimum atomic E-state index is 0.345. The van der Waals surface area contributed by atoms with Gasteiger partial charge in [0.25, 0.3) is 0 Å². The molecule has 2 unspecified atom stereocenters. The van der Waals surface area contributed by atoms with E-state index in [2.05, 4.69) is 12.8 Å². The van der Waals surface area contributed by atoms with E-state index in [0.29, 0.717) is 30.5 Å². The third-order valence-electron chi connectivity index (χ3n) is 2.18. The van der Waals surface area contributed by atoms with E-state index < -0.39 is 0 Å². The zero-order chi connectivity index (χ0) is 7.56. The zero-order valence-corrected chi connectivity index (χ0v) is 6.26. The molecular formula is C9H12O. The van der Waals surface area contributed by atoms with Gasteiger partial charge in [-0.3, -0.25) is 4.79 Å². The van der Waals surface area contributed by atoms with Gasteiger partial charge in [-0.25, -0.2) is 0 Å². The number of hydrogen-bond acceptors (Lipinski definition) is 1. The van der Waals surface area contributed by atoms with Crippen LogP contribution in [0, 0.1) is 24.2 Å². The van der Waals surface area contributed by atoms with Crippen molar-refractivity contribution in [1.82, 2.24) is 0 Å². The van der Waals surface area contributed by atoms with Gasteiger partial charge >= 0.3 is 0 Å². The minimum Gasteiger partial charge on any atom is -0.300 e. The van der Waals surface area contributed by atoms with E-state index in [1.165, 1.54) is 0 Å². The van der Waals surface area contributed by atoms with Crippen LogP contribution in [0.3, 0.4) is 0 Å². The first-order valence-electron chi connectivity index (χ1n) is 3.72. The average molecular weight is 136 g/mol. The van der Waals surface area contributed by atoms with Crippen LogP contribution in [0.5, 0.6) is 0 Å². The van der Waals surface area contributed by atoms with Crippen molar-refractivity contribution in [2.24, 2.45) is 11.8 Å². The van der Waals surface area contributed by atoms with E-state index in [1.807, 2.05) is 0 Å². The monoisotopic (exact) mass is 136 g/mol. The van der Waals surface area contributed by atoms with Crippen LogP contribution in [0.25, 0.3) is 0 Å². The maximum Gasteiger partial charge on any atom is 0.133 e. The molecule has 0 N–H and O–H groups in total. The first-order chi connectivity index (χ1) is 4.74. The number of carbonyl (C=O) groups is 1. The molecule has 1 aliphatic rings. The maximum atomic E-state index is 10.9. The second-order valence-electron chi connectivity index (χ2n) is 3.03. The molecule has 0 aromatic carbocycles. The highest BCUT2D eigenvalue weighted by molar-refractivity contribution is 5.79. The Bertz CT molecular complexity index is 176. The summed E-state index contributed by atoms with van der Waals surface area (Å²) in [6, 6.07) is 0. The lowest BCUT2D eigenvalue weighted by Gasteiger charge is -2.22. The summed E-state index contributed by atoms with van der Waals surface area (Å²) in [5.41, 5.74) is 0. The average Bonchev–Trinajstić information content (AvgIpc) is 1.88. The molecule has 10 heavy (non-hydrogen) atoms. The second kappa shape index (κ2) is 2.88. The molecule has 0 bridgehead atoms. The zero-order valence-electron chi connectivity index (χ0n) is 6.26. The standard InChI is InChI=1S/C9H12O/c1-3-8-4-5-9(10)6-7(8)2/h1,7-8H,4-6H2,2H3. The third-order valence-corrected chi connectivity index (χ3v) is 2.18. The van der Waals surface area contributed by atoms with Crippen molar-refractivity contribution in [1.29, 1.82) is 0 Å². The Labute approximate surface area is 61.8 Å². The van der Waals surface area contributed by atoms with Gasteiger partial charge in [0.15, 0.2) is 0 Å². The van der Waals surface area contributed by atoms with E-state index in [-0.39, 0.29) is 0 Å². The van der Waals surface area contributed by atoms with Crippen molar-refractivity contribution in [3.63, 3.8) is 0 Å². The summed E-state index contributed by atoms with van der Waals surface area (Å²) in [6.07, 6.45) is 7.56. The Hall–Kier alpha value is -0.770. The van der Waals surface area contributed by atoms with Crippen LogP contribution in [0.1, 0.15) is 26.2 Å². The van der Waals surface area contributed by atoms with Gasteiger partial charge in [0.1, 0.15) is 5.78 Å². The highest BCUT2D eigenvalue weighted by Crippen LogP contribution is 2.26. The number of ketones is 1. The van der Waals surface area contributed by atoms with Crippen molar-refractivity contribution >= 4 is 5.78 Å². The second-order valence-corrected chi connectivity index (χ2v) is 3.03. The normalized spacial score (nSPS) is 33.4. The predicted molar refractivity (Wildman–Crippen MR) is 40.3 cm³/mol. The molecule has 1 rings (SSSR count). The lowest BCUT2D eigenvalue weighted by molar-refractivity contribution is -0.121. The number of Topliss-reactive ketones (excluding diaryl/α,β-unsaturated/α-hetero) is 1. The first kappa shape index (κ1) is 7.34. The molecule has 0 aromatic rings. The fourth-order valence-electron chi connectivity index (χ4n) is 1.45. The topological polar surface area (TPSA) is 17.1 Å². The molecular weight excluding hydrogens is 124 g/mol. The molecule has 2 atom stereocenters. The Morgan fingerprint density at radius 3 is 2.90 bits per heavy atom. The van der Waals surface area contributed by atoms with E-state index >= 15 is 0 Å². The maximum absolute atomic E-state index is 10.9. The van der Waals surface area contributed by atoms with Crippen LogP contribution in [-0.2, 0) is 4.79 Å². The van der Waals surface area contributed by atoms with E-state index in [9.17, 15) is 4.79 Å². The molecule has 0 spiro atoms. The number of terminal acetylenes is 1. The molecule has 0 saturated heterocycles. The predicted octanol–water partition coefficient (Wildman–Crippen LogP) is 1.62. The van der Waals surface area contributed by atoms with E-state index in [1.54, 1.807) is 0 Å². The molecule has 1 saturated carbocycles. The SMILES string of the molecule is C#CC1CCC(=O)CC1C. The Balaban J connectivity index is 2.53. The van der Waals surface area contributed by atoms with Crippen molar-refractivity contribution in [2.45, 2.75) is 26.2 Å². The lowest BCUT2D eigenvalue weighted by atomic mass is 9.80. The molecule has 1 fully saturated rings. The largest absolute Gasteiger partial charge is 0.300 e.